The summed E-state index contributed by atoms with van der Waals surface area (Å²) in [6, 6.07) is 8.95. The van der Waals surface area contributed by atoms with Crippen LogP contribution in [-0.2, 0) is 4.79 Å². The average molecular weight is 315 g/mol. The lowest BCUT2D eigenvalue weighted by molar-refractivity contribution is -0.127. The van der Waals surface area contributed by atoms with Gasteiger partial charge in [0, 0.05) is 0 Å². The molecular weight excluding hydrogens is 290 g/mol. The number of unbranched alkanes of at least 4 members (excludes halogenated alkanes) is 2. The van der Waals surface area contributed by atoms with E-state index in [0.29, 0.717) is 18.7 Å². The van der Waals surface area contributed by atoms with Crippen LogP contribution < -0.4 is 10.6 Å². The van der Waals surface area contributed by atoms with E-state index in [1.807, 2.05) is 30.3 Å². The van der Waals surface area contributed by atoms with Crippen LogP contribution in [0.2, 0.25) is 0 Å². The van der Waals surface area contributed by atoms with Gasteiger partial charge in [-0.05, 0) is 25.0 Å². The molecule has 1 aromatic carbocycles. The van der Waals surface area contributed by atoms with Crippen molar-refractivity contribution in [3.63, 3.8) is 0 Å². The lowest BCUT2D eigenvalue weighted by Gasteiger charge is -2.37. The van der Waals surface area contributed by atoms with Crippen LogP contribution in [-0.4, -0.2) is 17.8 Å². The molecule has 0 spiro atoms. The maximum atomic E-state index is 12.7. The Kier molecular flexibility index (Phi) is 5.90. The normalized spacial score (nSPS) is 18.6. The summed E-state index contributed by atoms with van der Waals surface area (Å²) in [5, 5.41) is 5.22. The number of carbonyl (C=O) groups excluding carboxylic acids is 2. The Bertz CT molecular complexity index is 573. The molecule has 0 aliphatic carbocycles. The molecule has 1 aliphatic heterocycles. The smallest absolute Gasteiger partial charge is 0.295 e. The number of amides is 3. The molecule has 0 unspecified atom stereocenters. The summed E-state index contributed by atoms with van der Waals surface area (Å²) in [7, 11) is 0. The minimum absolute atomic E-state index is 0.224. The number of nitrogens with one attached hydrogen (secondary N) is 2. The van der Waals surface area contributed by atoms with Gasteiger partial charge in [-0.15, -0.1) is 0 Å². The van der Waals surface area contributed by atoms with E-state index in [-0.39, 0.29) is 5.91 Å². The zero-order chi connectivity index (χ0) is 16.7. The van der Waals surface area contributed by atoms with Gasteiger partial charge in [-0.1, -0.05) is 57.7 Å². The molecule has 23 heavy (non-hydrogen) atoms. The number of hydrogen-bond acceptors (Lipinski definition) is 3. The molecule has 1 fully saturated rings. The minimum Gasteiger partial charge on any atom is -0.295 e. The van der Waals surface area contributed by atoms with Crippen LogP contribution in [0.3, 0.4) is 0 Å². The van der Waals surface area contributed by atoms with Crippen molar-refractivity contribution >= 4 is 23.5 Å². The zero-order valence-electron chi connectivity index (χ0n) is 13.9. The predicted octanol–water partition coefficient (Wildman–Crippen LogP) is 3.92. The first-order valence-corrected chi connectivity index (χ1v) is 8.39. The number of nitrogens with zero attached hydrogens (tertiary/aromatic N) is 1. The summed E-state index contributed by atoms with van der Waals surface area (Å²) in [5.74, 6) is 0.261. The Labute approximate surface area is 137 Å². The third-order valence-electron chi connectivity index (χ3n) is 4.26. The van der Waals surface area contributed by atoms with E-state index in [9.17, 15) is 9.59 Å². The fourth-order valence-corrected chi connectivity index (χ4v) is 2.90. The second-order valence-electron chi connectivity index (χ2n) is 5.99. The van der Waals surface area contributed by atoms with E-state index >= 15 is 0 Å². The Morgan fingerprint density at radius 3 is 2.13 bits per heavy atom. The molecule has 5 nitrogen and oxygen atoms in total. The molecule has 0 aromatic heterocycles. The Balaban J connectivity index is 2.43. The quantitative estimate of drug-likeness (QED) is 0.800. The number of carbonyl (C=O) groups is 2. The molecule has 1 saturated heterocycles. The molecule has 0 saturated carbocycles. The van der Waals surface area contributed by atoms with E-state index in [1.54, 1.807) is 0 Å². The lowest BCUT2D eigenvalue weighted by Crippen LogP contribution is -2.62. The van der Waals surface area contributed by atoms with Gasteiger partial charge in [0.1, 0.15) is 11.3 Å². The molecule has 2 rings (SSSR count). The first kappa shape index (κ1) is 17.2. The highest BCUT2D eigenvalue weighted by atomic mass is 16.2. The van der Waals surface area contributed by atoms with Gasteiger partial charge in [0.25, 0.3) is 0 Å². The van der Waals surface area contributed by atoms with Gasteiger partial charge in [-0.25, -0.2) is 9.79 Å². The average Bonchev–Trinajstić information content (AvgIpc) is 2.55. The fraction of sp³-hybridized carbons (Fsp3) is 0.500. The molecule has 0 bridgehead atoms. The van der Waals surface area contributed by atoms with Gasteiger partial charge < -0.3 is 0 Å². The number of amidine groups is 1. The van der Waals surface area contributed by atoms with Crippen LogP contribution in [0.15, 0.2) is 35.3 Å². The largest absolute Gasteiger partial charge is 0.326 e. The van der Waals surface area contributed by atoms with Crippen LogP contribution in [0.1, 0.15) is 52.4 Å². The molecule has 1 aromatic rings. The second-order valence-corrected chi connectivity index (χ2v) is 5.99. The summed E-state index contributed by atoms with van der Waals surface area (Å²) in [6.07, 6.45) is 5.21. The Morgan fingerprint density at radius 2 is 1.57 bits per heavy atom. The summed E-state index contributed by atoms with van der Waals surface area (Å²) in [4.78, 5) is 29.1. The maximum absolute atomic E-state index is 12.7. The number of imide groups is 1. The van der Waals surface area contributed by atoms with E-state index in [1.165, 1.54) is 0 Å². The lowest BCUT2D eigenvalue weighted by atomic mass is 9.75. The Morgan fingerprint density at radius 1 is 0.957 bits per heavy atom. The van der Waals surface area contributed by atoms with Crippen molar-refractivity contribution in [3.8, 4) is 0 Å². The van der Waals surface area contributed by atoms with Crippen LogP contribution in [0.25, 0.3) is 0 Å². The van der Waals surface area contributed by atoms with Crippen molar-refractivity contribution in [1.29, 1.82) is 0 Å². The van der Waals surface area contributed by atoms with Crippen molar-refractivity contribution in [2.45, 2.75) is 52.4 Å². The highest BCUT2D eigenvalue weighted by molar-refractivity contribution is 6.21. The highest BCUT2D eigenvalue weighted by Crippen LogP contribution is 2.35. The van der Waals surface area contributed by atoms with E-state index in [2.05, 4.69) is 29.5 Å². The molecule has 2 N–H and O–H groups in total. The summed E-state index contributed by atoms with van der Waals surface area (Å²) >= 11 is 0. The summed E-state index contributed by atoms with van der Waals surface area (Å²) < 4.78 is 0. The van der Waals surface area contributed by atoms with Crippen molar-refractivity contribution in [1.82, 2.24) is 10.6 Å². The van der Waals surface area contributed by atoms with Gasteiger partial charge in [-0.2, -0.15) is 0 Å². The summed E-state index contributed by atoms with van der Waals surface area (Å²) in [6.45, 7) is 4.20. The topological polar surface area (TPSA) is 70.6 Å². The SMILES string of the molecule is CCCCC1(CCCC)C(=O)NC(=O)NC1=Nc1ccccc1. The van der Waals surface area contributed by atoms with Crippen LogP contribution in [0.4, 0.5) is 10.5 Å². The second kappa shape index (κ2) is 7.90. The number of para-hydroxylation sites is 1. The number of urea groups is 1. The van der Waals surface area contributed by atoms with Crippen molar-refractivity contribution < 1.29 is 9.59 Å². The maximum Gasteiger partial charge on any atom is 0.326 e. The van der Waals surface area contributed by atoms with Gasteiger partial charge in [0.15, 0.2) is 0 Å². The first-order chi connectivity index (χ1) is 11.1. The van der Waals surface area contributed by atoms with Gasteiger partial charge >= 0.3 is 6.03 Å². The van der Waals surface area contributed by atoms with Crippen LogP contribution >= 0.6 is 0 Å². The first-order valence-electron chi connectivity index (χ1n) is 8.39. The number of benzene rings is 1. The summed E-state index contributed by atoms with van der Waals surface area (Å²) in [5.41, 5.74) is 0.00495. The standard InChI is InChI=1S/C18H25N3O2/c1-3-5-12-18(13-6-4-2)15(20-17(23)21-16(18)22)19-14-10-8-7-9-11-14/h7-11H,3-6,12-13H2,1-2H3,(H2,19,20,21,22,23). The number of rotatable bonds is 7. The van der Waals surface area contributed by atoms with Gasteiger partial charge in [0.2, 0.25) is 5.91 Å². The molecule has 5 heteroatoms. The molecule has 124 valence electrons. The van der Waals surface area contributed by atoms with Crippen molar-refractivity contribution in [2.75, 3.05) is 0 Å². The Hall–Kier alpha value is -2.17. The minimum atomic E-state index is -0.740. The number of hydrogen-bond donors (Lipinski definition) is 2. The van der Waals surface area contributed by atoms with Crippen molar-refractivity contribution in [3.05, 3.63) is 30.3 Å². The van der Waals surface area contributed by atoms with Crippen LogP contribution in [0.5, 0.6) is 0 Å². The third-order valence-corrected chi connectivity index (χ3v) is 4.26. The molecule has 1 aliphatic rings. The van der Waals surface area contributed by atoms with Crippen molar-refractivity contribution in [2.24, 2.45) is 10.4 Å². The third kappa shape index (κ3) is 3.97. The van der Waals surface area contributed by atoms with E-state index in [0.717, 1.165) is 31.4 Å². The molecular formula is C18H25N3O2. The molecule has 1 heterocycles. The monoisotopic (exact) mass is 315 g/mol. The molecule has 0 radical (unpaired) electrons. The van der Waals surface area contributed by atoms with Crippen LogP contribution in [0, 0.1) is 5.41 Å². The fourth-order valence-electron chi connectivity index (χ4n) is 2.90. The van der Waals surface area contributed by atoms with E-state index < -0.39 is 11.4 Å². The molecule has 3 amide bonds. The number of aliphatic imine (C=N–C) groups is 1. The molecule has 0 atom stereocenters. The van der Waals surface area contributed by atoms with Gasteiger partial charge in [-0.3, -0.25) is 15.4 Å². The van der Waals surface area contributed by atoms with E-state index in [4.69, 9.17) is 0 Å². The predicted molar refractivity (Wildman–Crippen MR) is 91.7 cm³/mol. The van der Waals surface area contributed by atoms with Gasteiger partial charge in [0.05, 0.1) is 5.69 Å². The zero-order valence-corrected chi connectivity index (χ0v) is 13.9. The highest BCUT2D eigenvalue weighted by Gasteiger charge is 2.47.